The number of nitrogens with one attached hydrogen (secondary N) is 1. The SMILES string of the molecule is [2H]Cc1cc2nc(CC)nc(NC[B])c2cc1O. The van der Waals surface area contributed by atoms with E-state index in [4.69, 9.17) is 9.22 Å². The Balaban J connectivity index is 2.69. The Morgan fingerprint density at radius 2 is 2.29 bits per heavy atom. The van der Waals surface area contributed by atoms with Gasteiger partial charge < -0.3 is 10.4 Å². The first-order valence-electron chi connectivity index (χ1n) is 6.16. The third-order valence-electron chi connectivity index (χ3n) is 2.53. The van der Waals surface area contributed by atoms with Gasteiger partial charge >= 0.3 is 0 Å². The lowest BCUT2D eigenvalue weighted by Gasteiger charge is -2.10. The van der Waals surface area contributed by atoms with Crippen LogP contribution in [0.4, 0.5) is 5.82 Å². The Hall–Kier alpha value is -1.78. The van der Waals surface area contributed by atoms with Crippen molar-refractivity contribution in [3.63, 3.8) is 0 Å². The van der Waals surface area contributed by atoms with Crippen molar-refractivity contribution >= 4 is 24.6 Å². The minimum absolute atomic E-state index is 0.0207. The molecule has 0 saturated heterocycles. The van der Waals surface area contributed by atoms with Gasteiger partial charge in [-0.25, -0.2) is 9.97 Å². The van der Waals surface area contributed by atoms with E-state index in [2.05, 4.69) is 15.3 Å². The van der Waals surface area contributed by atoms with Crippen LogP contribution in [0, 0.1) is 6.90 Å². The molecule has 0 unspecified atom stereocenters. The fourth-order valence-corrected chi connectivity index (χ4v) is 1.65. The largest absolute Gasteiger partial charge is 0.508 e. The molecule has 0 bridgehead atoms. The molecule has 17 heavy (non-hydrogen) atoms. The third-order valence-corrected chi connectivity index (χ3v) is 2.53. The Morgan fingerprint density at radius 1 is 1.47 bits per heavy atom. The van der Waals surface area contributed by atoms with E-state index >= 15 is 0 Å². The van der Waals surface area contributed by atoms with Gasteiger partial charge in [0.25, 0.3) is 0 Å². The van der Waals surface area contributed by atoms with Gasteiger partial charge in [0.1, 0.15) is 17.4 Å². The molecule has 2 N–H and O–H groups in total. The molecule has 2 aromatic rings. The van der Waals surface area contributed by atoms with Crippen LogP contribution in [0.3, 0.4) is 0 Å². The lowest BCUT2D eigenvalue weighted by atomic mass is 10.1. The maximum absolute atomic E-state index is 9.79. The number of hydrogen-bond donors (Lipinski definition) is 2. The van der Waals surface area contributed by atoms with Crippen LogP contribution in [0.15, 0.2) is 12.1 Å². The zero-order valence-corrected chi connectivity index (χ0v) is 9.70. The molecule has 0 atom stereocenters. The summed E-state index contributed by atoms with van der Waals surface area (Å²) in [4.78, 5) is 8.75. The average Bonchev–Trinajstić information content (AvgIpc) is 2.38. The van der Waals surface area contributed by atoms with Gasteiger partial charge in [-0.3, -0.25) is 0 Å². The molecule has 1 aromatic heterocycles. The second-order valence-corrected chi connectivity index (χ2v) is 3.72. The van der Waals surface area contributed by atoms with Crippen molar-refractivity contribution in [1.82, 2.24) is 9.97 Å². The van der Waals surface area contributed by atoms with Gasteiger partial charge in [-0.05, 0) is 31.0 Å². The van der Waals surface area contributed by atoms with Crippen molar-refractivity contribution in [1.29, 1.82) is 0 Å². The number of rotatable bonds is 3. The standard InChI is InChI=1S/C12H14BN3O/c1-3-11-15-9-4-7(2)10(17)5-8(9)12(16-11)14-6-13/h4-5,17H,3,6H2,1-2H3,(H,14,15,16)/i2D. The normalized spacial score (nSPS) is 11.5. The van der Waals surface area contributed by atoms with Gasteiger partial charge in [-0.15, -0.1) is 0 Å². The molecule has 2 rings (SSSR count). The monoisotopic (exact) mass is 228 g/mol. The van der Waals surface area contributed by atoms with Crippen molar-refractivity contribution < 1.29 is 6.48 Å². The number of nitrogens with zero attached hydrogens (tertiary/aromatic N) is 2. The number of aromatic hydroxyl groups is 1. The zero-order valence-electron chi connectivity index (χ0n) is 10.7. The lowest BCUT2D eigenvalue weighted by Crippen LogP contribution is -2.06. The number of aryl methyl sites for hydroxylation is 2. The minimum Gasteiger partial charge on any atom is -0.508 e. The molecule has 86 valence electrons. The van der Waals surface area contributed by atoms with E-state index in [-0.39, 0.29) is 19.1 Å². The molecule has 0 aliphatic rings. The predicted molar refractivity (Wildman–Crippen MR) is 69.6 cm³/mol. The molecular formula is C12H14BN3O. The molecule has 0 saturated carbocycles. The van der Waals surface area contributed by atoms with Crippen LogP contribution < -0.4 is 5.32 Å². The first-order valence-corrected chi connectivity index (χ1v) is 5.45. The van der Waals surface area contributed by atoms with Crippen LogP contribution in [0.1, 0.15) is 19.7 Å². The average molecular weight is 228 g/mol. The summed E-state index contributed by atoms with van der Waals surface area (Å²) in [5.74, 6) is 1.41. The van der Waals surface area contributed by atoms with Crippen molar-refractivity contribution in [3.05, 3.63) is 23.5 Å². The van der Waals surface area contributed by atoms with E-state index in [1.807, 2.05) is 6.92 Å². The summed E-state index contributed by atoms with van der Waals surface area (Å²) in [5, 5.41) is 13.5. The van der Waals surface area contributed by atoms with Crippen LogP contribution >= 0.6 is 0 Å². The van der Waals surface area contributed by atoms with Gasteiger partial charge in [0, 0.05) is 13.2 Å². The molecule has 1 aromatic carbocycles. The maximum atomic E-state index is 9.79. The first kappa shape index (κ1) is 10.4. The summed E-state index contributed by atoms with van der Waals surface area (Å²) in [7, 11) is 5.47. The van der Waals surface area contributed by atoms with Gasteiger partial charge in [-0.2, -0.15) is 0 Å². The van der Waals surface area contributed by atoms with Crippen LogP contribution in [0.5, 0.6) is 5.75 Å². The van der Waals surface area contributed by atoms with E-state index < -0.39 is 0 Å². The number of aromatic nitrogens is 2. The molecule has 0 aliphatic carbocycles. The van der Waals surface area contributed by atoms with Crippen molar-refractivity contribution in [3.8, 4) is 5.75 Å². The van der Waals surface area contributed by atoms with Gasteiger partial charge in [0.2, 0.25) is 0 Å². The van der Waals surface area contributed by atoms with E-state index in [1.165, 1.54) is 0 Å². The topological polar surface area (TPSA) is 58.0 Å². The second-order valence-electron chi connectivity index (χ2n) is 3.72. The lowest BCUT2D eigenvalue weighted by molar-refractivity contribution is 0.472. The Morgan fingerprint density at radius 3 is 2.94 bits per heavy atom. The quantitative estimate of drug-likeness (QED) is 0.785. The molecule has 0 amide bonds. The summed E-state index contributed by atoms with van der Waals surface area (Å²) in [5.41, 5.74) is 1.28. The number of anilines is 1. The molecule has 2 radical (unpaired) electrons. The fraction of sp³-hybridized carbons (Fsp3) is 0.333. The number of phenols is 1. The summed E-state index contributed by atoms with van der Waals surface area (Å²) >= 11 is 0. The molecule has 5 heteroatoms. The second kappa shape index (κ2) is 4.61. The Kier molecular flexibility index (Phi) is 2.82. The Labute approximate surface area is 103 Å². The van der Waals surface area contributed by atoms with E-state index in [1.54, 1.807) is 12.1 Å². The van der Waals surface area contributed by atoms with Crippen molar-refractivity contribution in [2.45, 2.75) is 20.2 Å². The summed E-state index contributed by atoms with van der Waals surface area (Å²) in [6, 6.07) is 3.30. The highest BCUT2D eigenvalue weighted by Crippen LogP contribution is 2.27. The van der Waals surface area contributed by atoms with E-state index in [0.717, 1.165) is 5.52 Å². The summed E-state index contributed by atoms with van der Waals surface area (Å²) in [6.07, 6.45) is 0.975. The number of fused-ring (bicyclic) bond motifs is 1. The highest BCUT2D eigenvalue weighted by atomic mass is 16.3. The van der Waals surface area contributed by atoms with Crippen LogP contribution in [0.2, 0.25) is 0 Å². The smallest absolute Gasteiger partial charge is 0.137 e. The number of phenolic OH excluding ortho intramolecular Hbond substituents is 1. The van der Waals surface area contributed by atoms with Crippen LogP contribution in [0.25, 0.3) is 10.9 Å². The molecule has 4 nitrogen and oxygen atoms in total. The van der Waals surface area contributed by atoms with Crippen molar-refractivity contribution in [2.75, 3.05) is 11.8 Å². The molecule has 0 aliphatic heterocycles. The van der Waals surface area contributed by atoms with E-state index in [9.17, 15) is 5.11 Å². The van der Waals surface area contributed by atoms with E-state index in [0.29, 0.717) is 29.0 Å². The molecule has 0 fully saturated rings. The first-order chi connectivity index (χ1) is 8.69. The number of hydrogen-bond acceptors (Lipinski definition) is 4. The fourth-order valence-electron chi connectivity index (χ4n) is 1.65. The van der Waals surface area contributed by atoms with Crippen molar-refractivity contribution in [2.24, 2.45) is 0 Å². The van der Waals surface area contributed by atoms with Gasteiger partial charge in [-0.1, -0.05) is 6.92 Å². The van der Waals surface area contributed by atoms with Gasteiger partial charge in [0.15, 0.2) is 0 Å². The third kappa shape index (κ3) is 2.18. The van der Waals surface area contributed by atoms with Gasteiger partial charge in [0.05, 0.1) is 13.4 Å². The maximum Gasteiger partial charge on any atom is 0.137 e. The highest BCUT2D eigenvalue weighted by Gasteiger charge is 2.08. The van der Waals surface area contributed by atoms with Crippen LogP contribution in [-0.4, -0.2) is 29.4 Å². The summed E-state index contributed by atoms with van der Waals surface area (Å²) in [6.45, 7) is 1.99. The molecule has 0 spiro atoms. The zero-order chi connectivity index (χ0) is 13.1. The molecule has 1 heterocycles. The molecular weight excluding hydrogens is 213 g/mol. The summed E-state index contributed by atoms with van der Waals surface area (Å²) < 4.78 is 7.35. The van der Waals surface area contributed by atoms with Crippen LogP contribution in [-0.2, 0) is 6.42 Å². The predicted octanol–water partition coefficient (Wildman–Crippen LogP) is 1.74. The highest BCUT2D eigenvalue weighted by molar-refractivity contribution is 6.10. The Bertz CT molecular complexity index is 577. The minimum atomic E-state index is 0.0207. The number of benzene rings is 1.